The summed E-state index contributed by atoms with van der Waals surface area (Å²) in [7, 11) is 0. The van der Waals surface area contributed by atoms with E-state index in [1.165, 1.54) is 11.1 Å². The lowest BCUT2D eigenvalue weighted by Gasteiger charge is -2.01. The van der Waals surface area contributed by atoms with Crippen molar-refractivity contribution in [2.75, 3.05) is 0 Å². The first kappa shape index (κ1) is 7.07. The summed E-state index contributed by atoms with van der Waals surface area (Å²) in [6.07, 6.45) is 2.91. The summed E-state index contributed by atoms with van der Waals surface area (Å²) >= 11 is 0. The fraction of sp³-hybridized carbons (Fsp3) is 0.200. The molecule has 1 aromatic carbocycles. The molecule has 0 aromatic heterocycles. The first-order valence-electron chi connectivity index (χ1n) is 3.35. The molecule has 0 saturated heterocycles. The molecule has 0 heteroatoms. The molecule has 0 aliphatic carbocycles. The molecule has 1 rings (SSSR count). The summed E-state index contributed by atoms with van der Waals surface area (Å²) in [5.74, 6) is 0. The third kappa shape index (κ3) is 1.10. The predicted molar refractivity (Wildman–Crippen MR) is 43.9 cm³/mol. The number of benzene rings is 1. The van der Waals surface area contributed by atoms with Gasteiger partial charge in [0, 0.05) is 0 Å². The van der Waals surface area contributed by atoms with E-state index in [1.807, 2.05) is 6.07 Å². The molecule has 0 bridgehead atoms. The van der Waals surface area contributed by atoms with E-state index in [0.717, 1.165) is 5.56 Å². The minimum absolute atomic E-state index is 1.14. The maximum Gasteiger partial charge on any atom is -0.0125 e. The molecular weight excluding hydrogens is 120 g/mol. The van der Waals surface area contributed by atoms with Crippen LogP contribution in [0.4, 0.5) is 0 Å². The highest BCUT2D eigenvalue weighted by Crippen LogP contribution is 2.11. The Morgan fingerprint density at radius 2 is 1.70 bits per heavy atom. The molecule has 0 aliphatic heterocycles. The Morgan fingerprint density at radius 3 is 2.00 bits per heavy atom. The van der Waals surface area contributed by atoms with Gasteiger partial charge in [0.1, 0.15) is 0 Å². The Morgan fingerprint density at radius 1 is 1.20 bits per heavy atom. The summed E-state index contributed by atoms with van der Waals surface area (Å²) in [5.41, 5.74) is 3.63. The summed E-state index contributed by atoms with van der Waals surface area (Å²) in [5, 5.41) is 0. The molecular formula is C10H11. The van der Waals surface area contributed by atoms with Crippen LogP contribution in [0.5, 0.6) is 0 Å². The van der Waals surface area contributed by atoms with Crippen molar-refractivity contribution in [1.29, 1.82) is 0 Å². The Hall–Kier alpha value is -1.04. The molecule has 0 saturated carbocycles. The molecule has 0 unspecified atom stereocenters. The lowest BCUT2D eigenvalue weighted by Crippen LogP contribution is -1.84. The second kappa shape index (κ2) is 2.70. The van der Waals surface area contributed by atoms with Gasteiger partial charge in [-0.15, -0.1) is 0 Å². The van der Waals surface area contributed by atoms with Crippen LogP contribution in [0.25, 0.3) is 0 Å². The highest BCUT2D eigenvalue weighted by Gasteiger charge is 1.94. The van der Waals surface area contributed by atoms with E-state index in [0.29, 0.717) is 0 Å². The van der Waals surface area contributed by atoms with Crippen LogP contribution in [0, 0.1) is 19.9 Å². The molecule has 0 nitrogen and oxygen atoms in total. The zero-order chi connectivity index (χ0) is 7.56. The van der Waals surface area contributed by atoms with Crippen molar-refractivity contribution < 1.29 is 0 Å². The molecule has 0 N–H and O–H groups in total. The number of aryl methyl sites for hydroxylation is 2. The third-order valence-corrected chi connectivity index (χ3v) is 1.66. The van der Waals surface area contributed by atoms with E-state index in [-0.39, 0.29) is 0 Å². The van der Waals surface area contributed by atoms with Gasteiger partial charge in [-0.25, -0.2) is 0 Å². The van der Waals surface area contributed by atoms with Gasteiger partial charge in [0.25, 0.3) is 0 Å². The molecule has 51 valence electrons. The molecule has 0 spiro atoms. The van der Waals surface area contributed by atoms with Crippen molar-refractivity contribution in [3.8, 4) is 0 Å². The van der Waals surface area contributed by atoms with Gasteiger partial charge in [-0.3, -0.25) is 0 Å². The SMILES string of the molecule is C=[C]c1c(C)cccc1C. The predicted octanol–water partition coefficient (Wildman–Crippen LogP) is 2.64. The van der Waals surface area contributed by atoms with Crippen molar-refractivity contribution in [2.45, 2.75) is 13.8 Å². The standard InChI is InChI=1S/C10H11/c1-4-10-8(2)6-5-7-9(10)3/h5-7H,1H2,2-3H3. The Balaban J connectivity index is 3.30. The first-order valence-corrected chi connectivity index (χ1v) is 3.35. The maximum absolute atomic E-state index is 3.63. The smallest absolute Gasteiger partial charge is 0.0125 e. The van der Waals surface area contributed by atoms with Crippen LogP contribution in [-0.4, -0.2) is 0 Å². The summed E-state index contributed by atoms with van der Waals surface area (Å²) in [4.78, 5) is 0. The van der Waals surface area contributed by atoms with Crippen LogP contribution in [0.15, 0.2) is 24.8 Å². The molecule has 1 aromatic rings. The van der Waals surface area contributed by atoms with E-state index < -0.39 is 0 Å². The fourth-order valence-corrected chi connectivity index (χ4v) is 1.09. The maximum atomic E-state index is 3.63. The first-order chi connectivity index (χ1) is 4.75. The zero-order valence-corrected chi connectivity index (χ0v) is 6.44. The van der Waals surface area contributed by atoms with Crippen molar-refractivity contribution >= 4 is 0 Å². The largest absolute Gasteiger partial charge is 0.0905 e. The van der Waals surface area contributed by atoms with Gasteiger partial charge in [-0.1, -0.05) is 24.8 Å². The third-order valence-electron chi connectivity index (χ3n) is 1.66. The van der Waals surface area contributed by atoms with Crippen LogP contribution in [0.3, 0.4) is 0 Å². The molecule has 0 fully saturated rings. The molecule has 0 amide bonds. The van der Waals surface area contributed by atoms with Crippen LogP contribution < -0.4 is 0 Å². The average molecular weight is 131 g/mol. The van der Waals surface area contributed by atoms with Gasteiger partial charge in [-0.05, 0) is 36.6 Å². The second-order valence-corrected chi connectivity index (χ2v) is 2.44. The summed E-state index contributed by atoms with van der Waals surface area (Å²) in [6, 6.07) is 6.19. The van der Waals surface area contributed by atoms with Gasteiger partial charge in [0.2, 0.25) is 0 Å². The van der Waals surface area contributed by atoms with E-state index in [2.05, 4.69) is 38.6 Å². The minimum Gasteiger partial charge on any atom is -0.0905 e. The Kier molecular flexibility index (Phi) is 1.91. The lowest BCUT2D eigenvalue weighted by molar-refractivity contribution is 1.32. The van der Waals surface area contributed by atoms with E-state index in [9.17, 15) is 0 Å². The fourth-order valence-electron chi connectivity index (χ4n) is 1.09. The van der Waals surface area contributed by atoms with Crippen molar-refractivity contribution in [3.05, 3.63) is 47.5 Å². The Labute approximate surface area is 62.2 Å². The van der Waals surface area contributed by atoms with Crippen LogP contribution >= 0.6 is 0 Å². The summed E-state index contributed by atoms with van der Waals surface area (Å²) in [6.45, 7) is 7.77. The van der Waals surface area contributed by atoms with Gasteiger partial charge < -0.3 is 0 Å². The minimum atomic E-state index is 1.14. The van der Waals surface area contributed by atoms with Crippen molar-refractivity contribution in [1.82, 2.24) is 0 Å². The van der Waals surface area contributed by atoms with Crippen LogP contribution in [0.1, 0.15) is 16.7 Å². The number of hydrogen-bond acceptors (Lipinski definition) is 0. The number of rotatable bonds is 1. The normalized spacial score (nSPS) is 9.40. The van der Waals surface area contributed by atoms with Crippen molar-refractivity contribution in [2.24, 2.45) is 0 Å². The summed E-state index contributed by atoms with van der Waals surface area (Å²) < 4.78 is 0. The molecule has 10 heavy (non-hydrogen) atoms. The molecule has 1 radical (unpaired) electrons. The topological polar surface area (TPSA) is 0 Å². The van der Waals surface area contributed by atoms with Crippen LogP contribution in [-0.2, 0) is 0 Å². The van der Waals surface area contributed by atoms with E-state index in [4.69, 9.17) is 0 Å². The quantitative estimate of drug-likeness (QED) is 0.549. The lowest BCUT2D eigenvalue weighted by atomic mass is 10.0. The second-order valence-electron chi connectivity index (χ2n) is 2.44. The monoisotopic (exact) mass is 131 g/mol. The highest BCUT2D eigenvalue weighted by atomic mass is 14.0. The number of hydrogen-bond donors (Lipinski definition) is 0. The molecule has 0 atom stereocenters. The van der Waals surface area contributed by atoms with Crippen LogP contribution in [0.2, 0.25) is 0 Å². The Bertz CT molecular complexity index is 226. The average Bonchev–Trinajstić information content (AvgIpc) is 1.88. The van der Waals surface area contributed by atoms with Gasteiger partial charge in [0.15, 0.2) is 0 Å². The highest BCUT2D eigenvalue weighted by molar-refractivity contribution is 5.37. The zero-order valence-electron chi connectivity index (χ0n) is 6.44. The van der Waals surface area contributed by atoms with Crippen molar-refractivity contribution in [3.63, 3.8) is 0 Å². The van der Waals surface area contributed by atoms with Gasteiger partial charge in [-0.2, -0.15) is 0 Å². The van der Waals surface area contributed by atoms with Gasteiger partial charge >= 0.3 is 0 Å². The van der Waals surface area contributed by atoms with E-state index >= 15 is 0 Å². The van der Waals surface area contributed by atoms with E-state index in [1.54, 1.807) is 0 Å². The van der Waals surface area contributed by atoms with Gasteiger partial charge in [0.05, 0.1) is 0 Å². The molecule has 0 heterocycles. The molecule has 0 aliphatic rings.